The number of pyridine rings is 1. The minimum atomic E-state index is -1.17. The Morgan fingerprint density at radius 2 is 1.91 bits per heavy atom. The number of aliphatic hydroxyl groups excluding tert-OH is 1. The molecule has 2 aromatic heterocycles. The summed E-state index contributed by atoms with van der Waals surface area (Å²) < 4.78 is 16.1. The average molecular weight is 457 g/mol. The molecule has 0 radical (unpaired) electrons. The smallest absolute Gasteiger partial charge is 0.248 e. The van der Waals surface area contributed by atoms with Gasteiger partial charge in [0.1, 0.15) is 17.4 Å². The van der Waals surface area contributed by atoms with Crippen molar-refractivity contribution in [2.24, 2.45) is 11.7 Å². The third-order valence-electron chi connectivity index (χ3n) is 6.23. The van der Waals surface area contributed by atoms with Crippen LogP contribution < -0.4 is 5.73 Å². The van der Waals surface area contributed by atoms with E-state index in [1.165, 1.54) is 0 Å². The third kappa shape index (κ3) is 5.76. The first-order chi connectivity index (χ1) is 15.2. The van der Waals surface area contributed by atoms with Crippen molar-refractivity contribution in [1.82, 2.24) is 14.5 Å². The molecule has 1 saturated heterocycles. The minimum Gasteiger partial charge on any atom is -0.412 e. The molecule has 0 bridgehead atoms. The normalized spacial score (nSPS) is 16.5. The number of piperidine rings is 1. The highest BCUT2D eigenvalue weighted by molar-refractivity contribution is 5.92. The highest BCUT2D eigenvalue weighted by Gasteiger charge is 2.26. The van der Waals surface area contributed by atoms with Crippen molar-refractivity contribution in [2.75, 3.05) is 19.6 Å². The van der Waals surface area contributed by atoms with E-state index in [0.29, 0.717) is 23.6 Å². The lowest BCUT2D eigenvalue weighted by molar-refractivity contribution is 0.0927. The van der Waals surface area contributed by atoms with Gasteiger partial charge in [0.25, 0.3) is 0 Å². The average Bonchev–Trinajstić information content (AvgIpc) is 3.12. The molecule has 1 atom stereocenters. The van der Waals surface area contributed by atoms with E-state index >= 15 is 0 Å². The second-order valence-corrected chi connectivity index (χ2v) is 9.44. The lowest BCUT2D eigenvalue weighted by Gasteiger charge is -2.34. The summed E-state index contributed by atoms with van der Waals surface area (Å²) in [5.41, 5.74) is 6.89. The van der Waals surface area contributed by atoms with E-state index in [9.17, 15) is 14.3 Å². The number of aliphatic hydroxyl groups is 1. The number of halogens is 1. The van der Waals surface area contributed by atoms with Gasteiger partial charge >= 0.3 is 0 Å². The monoisotopic (exact) mass is 456 g/mol. The van der Waals surface area contributed by atoms with E-state index in [1.54, 1.807) is 44.3 Å². The van der Waals surface area contributed by atoms with Crippen LogP contribution in [0.1, 0.15) is 54.3 Å². The fraction of sp³-hybridized carbons (Fsp3) is 0.440. The third-order valence-corrected chi connectivity index (χ3v) is 6.23. The van der Waals surface area contributed by atoms with Crippen LogP contribution in [0, 0.1) is 5.92 Å². The van der Waals surface area contributed by atoms with Crippen LogP contribution >= 0.6 is 0 Å². The molecule has 33 heavy (non-hydrogen) atoms. The molecule has 3 aromatic rings. The summed E-state index contributed by atoms with van der Waals surface area (Å²) >= 11 is 0. The van der Waals surface area contributed by atoms with E-state index < -0.39 is 17.7 Å². The second-order valence-electron chi connectivity index (χ2n) is 9.44. The van der Waals surface area contributed by atoms with E-state index in [2.05, 4.69) is 14.5 Å². The van der Waals surface area contributed by atoms with Crippen LogP contribution in [-0.2, 0) is 6.54 Å². The summed E-state index contributed by atoms with van der Waals surface area (Å²) in [6, 6.07) is 10.6. The Morgan fingerprint density at radius 3 is 2.52 bits per heavy atom. The topological polar surface area (TPSA) is 116 Å². The molecule has 1 aliphatic heterocycles. The molecule has 5 N–H and O–H groups in total. The number of nitrogens with two attached hydrogens (primary N) is 1. The van der Waals surface area contributed by atoms with Crippen LogP contribution in [0.5, 0.6) is 0 Å². The van der Waals surface area contributed by atoms with E-state index in [1.807, 2.05) is 18.3 Å². The standard InChI is InChI=1S/C25H31FN4O2.H2O/c1-25(2,26)16-29-12-9-17(10-13-29)14-30-15-21(20-4-3-11-28-24(20)30)22(31)18-5-7-19(8-6-18)23(27)32;/h3-8,11,15,17,22,31H,9-10,12-14,16H2,1-2H3,(H2,27,32);1H2. The number of aromatic nitrogens is 2. The van der Waals surface area contributed by atoms with Gasteiger partial charge in [0.15, 0.2) is 0 Å². The summed E-state index contributed by atoms with van der Waals surface area (Å²) in [5, 5.41) is 12.0. The van der Waals surface area contributed by atoms with Crippen molar-refractivity contribution in [3.05, 3.63) is 65.5 Å². The van der Waals surface area contributed by atoms with E-state index in [0.717, 1.165) is 49.1 Å². The van der Waals surface area contributed by atoms with Crippen molar-refractivity contribution < 1.29 is 19.8 Å². The van der Waals surface area contributed by atoms with Crippen molar-refractivity contribution in [3.8, 4) is 0 Å². The zero-order chi connectivity index (χ0) is 22.9. The molecule has 3 heterocycles. The van der Waals surface area contributed by atoms with Crippen LogP contribution in [-0.4, -0.2) is 56.2 Å². The maximum absolute atomic E-state index is 14.0. The van der Waals surface area contributed by atoms with Gasteiger partial charge in [-0.3, -0.25) is 4.79 Å². The Kier molecular flexibility index (Phi) is 7.51. The maximum atomic E-state index is 14.0. The maximum Gasteiger partial charge on any atom is 0.248 e. The van der Waals surface area contributed by atoms with Crippen molar-refractivity contribution in [2.45, 2.75) is 45.0 Å². The fourth-order valence-corrected chi connectivity index (χ4v) is 4.65. The number of likely N-dealkylation sites (tertiary alicyclic amines) is 1. The number of carbonyl (C=O) groups is 1. The second kappa shape index (κ2) is 9.99. The van der Waals surface area contributed by atoms with Gasteiger partial charge in [0.05, 0.1) is 0 Å². The highest BCUT2D eigenvalue weighted by atomic mass is 19.1. The van der Waals surface area contributed by atoms with Crippen LogP contribution in [0.15, 0.2) is 48.8 Å². The molecule has 1 unspecified atom stereocenters. The fourth-order valence-electron chi connectivity index (χ4n) is 4.65. The van der Waals surface area contributed by atoms with Crippen molar-refractivity contribution >= 4 is 16.9 Å². The number of alkyl halides is 1. The predicted molar refractivity (Wildman–Crippen MR) is 127 cm³/mol. The number of amides is 1. The number of benzene rings is 1. The first kappa shape index (κ1) is 24.8. The van der Waals surface area contributed by atoms with Crippen LogP contribution in [0.2, 0.25) is 0 Å². The summed E-state index contributed by atoms with van der Waals surface area (Å²) in [4.78, 5) is 18.1. The van der Waals surface area contributed by atoms with Crippen molar-refractivity contribution in [3.63, 3.8) is 0 Å². The molecule has 1 aromatic carbocycles. The summed E-state index contributed by atoms with van der Waals surface area (Å²) in [7, 11) is 0. The largest absolute Gasteiger partial charge is 0.412 e. The van der Waals surface area contributed by atoms with Crippen LogP contribution in [0.3, 0.4) is 0 Å². The van der Waals surface area contributed by atoms with Gasteiger partial charge in [0.2, 0.25) is 5.91 Å². The van der Waals surface area contributed by atoms with E-state index in [-0.39, 0.29) is 5.48 Å². The first-order valence-corrected chi connectivity index (χ1v) is 11.1. The summed E-state index contributed by atoms with van der Waals surface area (Å²) in [6.07, 6.45) is 4.94. The number of primary amides is 1. The van der Waals surface area contributed by atoms with Gasteiger partial charge in [-0.05, 0) is 75.5 Å². The number of rotatable bonds is 7. The molecule has 0 spiro atoms. The zero-order valence-corrected chi connectivity index (χ0v) is 19.2. The van der Waals surface area contributed by atoms with Gasteiger partial charge in [-0.15, -0.1) is 0 Å². The quantitative estimate of drug-likeness (QED) is 0.569. The molecular weight excluding hydrogens is 423 g/mol. The molecule has 1 amide bonds. The van der Waals surface area contributed by atoms with E-state index in [4.69, 9.17) is 5.73 Å². The first-order valence-electron chi connectivity index (χ1n) is 11.1. The molecule has 0 saturated carbocycles. The number of hydrogen-bond acceptors (Lipinski definition) is 4. The number of nitrogens with zero attached hydrogens (tertiary/aromatic N) is 3. The van der Waals surface area contributed by atoms with Crippen LogP contribution in [0.4, 0.5) is 4.39 Å². The van der Waals surface area contributed by atoms with Gasteiger partial charge in [-0.2, -0.15) is 0 Å². The Balaban J connectivity index is 0.00000306. The Hall–Kier alpha value is -2.81. The number of fused-ring (bicyclic) bond motifs is 1. The van der Waals surface area contributed by atoms with Crippen LogP contribution in [0.25, 0.3) is 11.0 Å². The molecule has 178 valence electrons. The number of carbonyl (C=O) groups excluding carboxylic acids is 1. The van der Waals surface area contributed by atoms with Gasteiger partial charge in [-0.1, -0.05) is 12.1 Å². The Bertz CT molecular complexity index is 1080. The Morgan fingerprint density at radius 1 is 1.24 bits per heavy atom. The lowest BCUT2D eigenvalue weighted by atomic mass is 9.96. The highest BCUT2D eigenvalue weighted by Crippen LogP contribution is 2.31. The van der Waals surface area contributed by atoms with Crippen molar-refractivity contribution in [1.29, 1.82) is 0 Å². The van der Waals surface area contributed by atoms with Gasteiger partial charge < -0.3 is 25.8 Å². The molecule has 4 rings (SSSR count). The van der Waals surface area contributed by atoms with Gasteiger partial charge in [0, 0.05) is 42.0 Å². The summed E-state index contributed by atoms with van der Waals surface area (Å²) in [5.74, 6) is -0.0145. The molecule has 7 nitrogen and oxygen atoms in total. The zero-order valence-electron chi connectivity index (χ0n) is 19.2. The SMILES string of the molecule is CC(C)(F)CN1CCC(Cn2cc(C(O)c3ccc(C(N)=O)cc3)c3cccnc32)CC1.O. The molecule has 0 aliphatic carbocycles. The Labute approximate surface area is 193 Å². The minimum absolute atomic E-state index is 0. The van der Waals surface area contributed by atoms with Gasteiger partial charge in [-0.25, -0.2) is 9.37 Å². The molecule has 1 fully saturated rings. The summed E-state index contributed by atoms with van der Waals surface area (Å²) in [6.45, 7) is 6.33. The molecule has 8 heteroatoms. The predicted octanol–water partition coefficient (Wildman–Crippen LogP) is 2.85. The lowest BCUT2D eigenvalue weighted by Crippen LogP contribution is -2.41. The molecule has 1 aliphatic rings. The number of hydrogen-bond donors (Lipinski definition) is 2. The molecular formula is C25H33FN4O3.